The molecule has 2 rings (SSSR count). The monoisotopic (exact) mass is 358 g/mol. The van der Waals surface area contributed by atoms with E-state index < -0.39 is 27.0 Å². The molecule has 9 heteroatoms. The van der Waals surface area contributed by atoms with Crippen molar-refractivity contribution in [3.63, 3.8) is 0 Å². The highest BCUT2D eigenvalue weighted by Crippen LogP contribution is 2.31. The van der Waals surface area contributed by atoms with Gasteiger partial charge in [0.05, 0.1) is 9.85 Å². The molecule has 136 valence electrons. The fourth-order valence-corrected chi connectivity index (χ4v) is 2.43. The molecule has 0 N–H and O–H groups in total. The predicted molar refractivity (Wildman–Crippen MR) is 98.3 cm³/mol. The van der Waals surface area contributed by atoms with Gasteiger partial charge in [-0.25, -0.2) is 0 Å². The minimum absolute atomic E-state index is 0.193. The number of carbonyl (C=O) groups excluding carboxylic acids is 1. The molecule has 0 aliphatic carbocycles. The normalized spacial score (nSPS) is 10.3. The molecule has 2 aromatic rings. The molecule has 0 fully saturated rings. The van der Waals surface area contributed by atoms with Crippen LogP contribution >= 0.6 is 0 Å². The maximum Gasteiger partial charge on any atom is 0.282 e. The summed E-state index contributed by atoms with van der Waals surface area (Å²) in [4.78, 5) is 37.6. The number of nitrogens with zero attached hydrogens (tertiary/aromatic N) is 4. The summed E-state index contributed by atoms with van der Waals surface area (Å²) >= 11 is 0. The maximum absolute atomic E-state index is 12.8. The lowest BCUT2D eigenvalue weighted by atomic mass is 9.99. The number of rotatable bonds is 6. The highest BCUT2D eigenvalue weighted by Gasteiger charge is 2.28. The third-order valence-electron chi connectivity index (χ3n) is 3.88. The number of anilines is 2. The van der Waals surface area contributed by atoms with Crippen LogP contribution in [0.25, 0.3) is 0 Å². The van der Waals surface area contributed by atoms with Crippen molar-refractivity contribution < 1.29 is 14.6 Å². The van der Waals surface area contributed by atoms with E-state index in [9.17, 15) is 25.0 Å². The van der Waals surface area contributed by atoms with E-state index in [4.69, 9.17) is 0 Å². The number of nitro benzene ring substituents is 2. The Balaban J connectivity index is 2.62. The third-order valence-corrected chi connectivity index (χ3v) is 3.88. The van der Waals surface area contributed by atoms with Crippen molar-refractivity contribution in [2.75, 3.05) is 38.0 Å². The maximum atomic E-state index is 12.8. The van der Waals surface area contributed by atoms with Crippen LogP contribution in [-0.4, -0.2) is 43.8 Å². The number of nitro groups is 2. The summed E-state index contributed by atoms with van der Waals surface area (Å²) in [5.41, 5.74) is -0.0848. The molecule has 0 aromatic heterocycles. The topological polar surface area (TPSA) is 110 Å². The first kappa shape index (κ1) is 18.8. The van der Waals surface area contributed by atoms with Gasteiger partial charge in [0.25, 0.3) is 11.4 Å². The first-order valence-corrected chi connectivity index (χ1v) is 7.59. The van der Waals surface area contributed by atoms with Gasteiger partial charge in [-0.15, -0.1) is 0 Å². The largest absolute Gasteiger partial charge is 0.377 e. The molecule has 2 aromatic carbocycles. The molecule has 0 heterocycles. The quantitative estimate of drug-likeness (QED) is 0.443. The summed E-state index contributed by atoms with van der Waals surface area (Å²) in [5, 5.41) is 22.8. The van der Waals surface area contributed by atoms with Gasteiger partial charge in [-0.2, -0.15) is 0 Å². The Morgan fingerprint density at radius 2 is 1.12 bits per heavy atom. The molecular formula is C17H18N4O5. The third kappa shape index (κ3) is 3.61. The fraction of sp³-hybridized carbons (Fsp3) is 0.235. The lowest BCUT2D eigenvalue weighted by Crippen LogP contribution is -2.13. The molecule has 9 nitrogen and oxygen atoms in total. The Hall–Kier alpha value is -3.49. The summed E-state index contributed by atoms with van der Waals surface area (Å²) in [5.74, 6) is -0.765. The van der Waals surface area contributed by atoms with E-state index in [1.54, 1.807) is 50.1 Å². The standard InChI is InChI=1S/C17H18N4O5/c1-18(2)11-5-7-13(15(9-11)20(23)24)17(22)14-8-6-12(19(3)4)10-16(14)21(25)26/h5-10H,1-4H3. The molecule has 0 saturated carbocycles. The Morgan fingerprint density at radius 3 is 1.38 bits per heavy atom. The van der Waals surface area contributed by atoms with Crippen molar-refractivity contribution in [3.8, 4) is 0 Å². The van der Waals surface area contributed by atoms with Gasteiger partial charge in [0, 0.05) is 51.7 Å². The highest BCUT2D eigenvalue weighted by atomic mass is 16.6. The van der Waals surface area contributed by atoms with Crippen molar-refractivity contribution in [2.45, 2.75) is 0 Å². The van der Waals surface area contributed by atoms with E-state index in [-0.39, 0.29) is 11.1 Å². The van der Waals surface area contributed by atoms with Crippen LogP contribution in [0.3, 0.4) is 0 Å². The number of hydrogen-bond acceptors (Lipinski definition) is 7. The van der Waals surface area contributed by atoms with Crippen molar-refractivity contribution in [2.24, 2.45) is 0 Å². The molecule has 0 aliphatic rings. The van der Waals surface area contributed by atoms with Crippen molar-refractivity contribution in [1.82, 2.24) is 0 Å². The Kier molecular flexibility index (Phi) is 5.20. The van der Waals surface area contributed by atoms with Crippen LogP contribution in [0.15, 0.2) is 36.4 Å². The first-order chi connectivity index (χ1) is 12.1. The summed E-state index contributed by atoms with van der Waals surface area (Å²) < 4.78 is 0. The molecular weight excluding hydrogens is 340 g/mol. The summed E-state index contributed by atoms with van der Waals surface area (Å²) in [6, 6.07) is 8.29. The van der Waals surface area contributed by atoms with Gasteiger partial charge in [0.15, 0.2) is 0 Å². The zero-order chi connectivity index (χ0) is 19.6. The average molecular weight is 358 g/mol. The smallest absolute Gasteiger partial charge is 0.282 e. The summed E-state index contributed by atoms with van der Waals surface area (Å²) in [6.07, 6.45) is 0. The molecule has 26 heavy (non-hydrogen) atoms. The van der Waals surface area contributed by atoms with Crippen LogP contribution in [0, 0.1) is 20.2 Å². The lowest BCUT2D eigenvalue weighted by molar-refractivity contribution is -0.385. The van der Waals surface area contributed by atoms with Gasteiger partial charge in [-0.3, -0.25) is 25.0 Å². The molecule has 0 amide bonds. The Bertz CT molecular complexity index is 821. The van der Waals surface area contributed by atoms with Crippen molar-refractivity contribution in [1.29, 1.82) is 0 Å². The number of benzene rings is 2. The Labute approximate surface area is 149 Å². The molecule has 0 bridgehead atoms. The number of carbonyl (C=O) groups is 1. The second-order valence-corrected chi connectivity index (χ2v) is 6.04. The molecule has 0 radical (unpaired) electrons. The highest BCUT2D eigenvalue weighted by molar-refractivity contribution is 6.14. The first-order valence-electron chi connectivity index (χ1n) is 7.59. The van der Waals surface area contributed by atoms with Gasteiger partial charge < -0.3 is 9.80 Å². The van der Waals surface area contributed by atoms with Crippen LogP contribution in [0.2, 0.25) is 0 Å². The zero-order valence-electron chi connectivity index (χ0n) is 14.8. The van der Waals surface area contributed by atoms with Crippen molar-refractivity contribution in [3.05, 3.63) is 67.8 Å². The minimum atomic E-state index is -0.765. The van der Waals surface area contributed by atoms with Gasteiger partial charge >= 0.3 is 0 Å². The van der Waals surface area contributed by atoms with Gasteiger partial charge in [-0.1, -0.05) is 0 Å². The second-order valence-electron chi connectivity index (χ2n) is 6.04. The van der Waals surface area contributed by atoms with Crippen LogP contribution < -0.4 is 9.80 Å². The minimum Gasteiger partial charge on any atom is -0.377 e. The van der Waals surface area contributed by atoms with E-state index in [1.165, 1.54) is 24.3 Å². The average Bonchev–Trinajstić information content (AvgIpc) is 2.59. The molecule has 0 unspecified atom stereocenters. The van der Waals surface area contributed by atoms with E-state index in [0.717, 1.165) is 0 Å². The predicted octanol–water partition coefficient (Wildman–Crippen LogP) is 2.87. The van der Waals surface area contributed by atoms with Gasteiger partial charge in [0.2, 0.25) is 5.78 Å². The molecule has 0 atom stereocenters. The van der Waals surface area contributed by atoms with E-state index in [1.807, 2.05) is 0 Å². The fourth-order valence-electron chi connectivity index (χ4n) is 2.43. The van der Waals surface area contributed by atoms with Crippen LogP contribution in [-0.2, 0) is 0 Å². The van der Waals surface area contributed by atoms with Crippen molar-refractivity contribution >= 4 is 28.5 Å². The number of ketones is 1. The second kappa shape index (κ2) is 7.18. The van der Waals surface area contributed by atoms with Crippen LogP contribution in [0.1, 0.15) is 15.9 Å². The SMILES string of the molecule is CN(C)c1ccc(C(=O)c2ccc(N(C)C)cc2[N+](=O)[O-])c([N+](=O)[O-])c1. The molecule has 0 saturated heterocycles. The molecule has 0 spiro atoms. The van der Waals surface area contributed by atoms with Gasteiger partial charge in [0.1, 0.15) is 11.1 Å². The van der Waals surface area contributed by atoms with Crippen LogP contribution in [0.5, 0.6) is 0 Å². The molecule has 0 aliphatic heterocycles. The summed E-state index contributed by atoms with van der Waals surface area (Å²) in [7, 11) is 6.85. The lowest BCUT2D eigenvalue weighted by Gasteiger charge is -2.14. The van der Waals surface area contributed by atoms with E-state index in [2.05, 4.69) is 0 Å². The van der Waals surface area contributed by atoms with E-state index >= 15 is 0 Å². The van der Waals surface area contributed by atoms with Gasteiger partial charge in [-0.05, 0) is 24.3 Å². The van der Waals surface area contributed by atoms with Crippen LogP contribution in [0.4, 0.5) is 22.7 Å². The van der Waals surface area contributed by atoms with E-state index in [0.29, 0.717) is 11.4 Å². The number of hydrogen-bond donors (Lipinski definition) is 0. The summed E-state index contributed by atoms with van der Waals surface area (Å²) in [6.45, 7) is 0. The Morgan fingerprint density at radius 1 is 0.769 bits per heavy atom. The zero-order valence-corrected chi connectivity index (χ0v) is 14.8.